The minimum Gasteiger partial charge on any atom is -0.618 e. The Morgan fingerprint density at radius 2 is 1.93 bits per heavy atom. The number of anilines is 1. The zero-order valence-electron chi connectivity index (χ0n) is 15.1. The van der Waals surface area contributed by atoms with Gasteiger partial charge in [0.1, 0.15) is 5.00 Å². The summed E-state index contributed by atoms with van der Waals surface area (Å²) in [5.74, 6) is -0.738. The van der Waals surface area contributed by atoms with Gasteiger partial charge in [0.25, 0.3) is 5.03 Å². The smallest absolute Gasteiger partial charge is 0.341 e. The van der Waals surface area contributed by atoms with Crippen LogP contribution in [0.25, 0.3) is 10.4 Å². The van der Waals surface area contributed by atoms with Crippen molar-refractivity contribution in [3.8, 4) is 10.4 Å². The number of esters is 1. The molecule has 0 spiro atoms. The molecule has 1 N–H and O–H groups in total. The van der Waals surface area contributed by atoms with Crippen molar-refractivity contribution in [1.82, 2.24) is 0 Å². The molecule has 0 radical (unpaired) electrons. The van der Waals surface area contributed by atoms with Crippen LogP contribution in [0.15, 0.2) is 65.8 Å². The molecule has 6 nitrogen and oxygen atoms in total. The van der Waals surface area contributed by atoms with Crippen LogP contribution in [0.3, 0.4) is 0 Å². The van der Waals surface area contributed by atoms with Crippen molar-refractivity contribution in [3.63, 3.8) is 0 Å². The number of carbonyl (C=O) groups excluding carboxylic acids is 2. The second-order valence-electron chi connectivity index (χ2n) is 5.64. The number of nitrogens with one attached hydrogen (secondary N) is 1. The molecule has 0 atom stereocenters. The Balaban J connectivity index is 1.77. The third kappa shape index (κ3) is 4.90. The molecule has 0 unspecified atom stereocenters. The fourth-order valence-electron chi connectivity index (χ4n) is 2.42. The fourth-order valence-corrected chi connectivity index (χ4v) is 4.20. The van der Waals surface area contributed by atoms with E-state index in [-0.39, 0.29) is 18.3 Å². The summed E-state index contributed by atoms with van der Waals surface area (Å²) < 4.78 is 5.82. The zero-order valence-corrected chi connectivity index (χ0v) is 16.7. The van der Waals surface area contributed by atoms with Gasteiger partial charge in [0.05, 0.1) is 17.9 Å². The molecular weight excluding hydrogens is 396 g/mol. The maximum absolute atomic E-state index is 12.4. The molecule has 0 aliphatic rings. The van der Waals surface area contributed by atoms with E-state index in [2.05, 4.69) is 5.32 Å². The van der Waals surface area contributed by atoms with E-state index in [1.54, 1.807) is 31.2 Å². The standard InChI is InChI=1S/C20H18N2O4S2/c1-2-26-20(24)15-12-16(14-8-4-3-5-9-14)28-19(15)21-17(23)13-27-18-10-6-7-11-22(18)25/h3-12H,2,13H2,1H3,(H,21,23). The van der Waals surface area contributed by atoms with Crippen LogP contribution in [0.5, 0.6) is 0 Å². The van der Waals surface area contributed by atoms with Gasteiger partial charge in [-0.2, -0.15) is 4.73 Å². The topological polar surface area (TPSA) is 82.3 Å². The molecule has 28 heavy (non-hydrogen) atoms. The monoisotopic (exact) mass is 414 g/mol. The lowest BCUT2D eigenvalue weighted by Crippen LogP contribution is -2.28. The van der Waals surface area contributed by atoms with Gasteiger partial charge < -0.3 is 15.3 Å². The Bertz CT molecular complexity index is 973. The molecule has 8 heteroatoms. The van der Waals surface area contributed by atoms with E-state index >= 15 is 0 Å². The van der Waals surface area contributed by atoms with Crippen LogP contribution >= 0.6 is 23.1 Å². The number of benzene rings is 1. The maximum atomic E-state index is 12.4. The molecule has 0 saturated heterocycles. The van der Waals surface area contributed by atoms with E-state index in [4.69, 9.17) is 4.74 Å². The highest BCUT2D eigenvalue weighted by Gasteiger charge is 2.20. The Labute approximate surface area is 170 Å². The summed E-state index contributed by atoms with van der Waals surface area (Å²) in [6.45, 7) is 1.98. The van der Waals surface area contributed by atoms with E-state index in [9.17, 15) is 14.8 Å². The number of hydrogen-bond acceptors (Lipinski definition) is 6. The second-order valence-corrected chi connectivity index (χ2v) is 7.69. The third-order valence-corrected chi connectivity index (χ3v) is 5.80. The molecule has 3 aromatic rings. The van der Waals surface area contributed by atoms with Gasteiger partial charge in [0.2, 0.25) is 5.91 Å². The Hall–Kier alpha value is -2.84. The van der Waals surface area contributed by atoms with Gasteiger partial charge in [0, 0.05) is 17.0 Å². The first-order valence-corrected chi connectivity index (χ1v) is 10.4. The van der Waals surface area contributed by atoms with E-state index in [0.29, 0.717) is 20.3 Å². The molecule has 1 aromatic carbocycles. The lowest BCUT2D eigenvalue weighted by atomic mass is 10.1. The van der Waals surface area contributed by atoms with Crippen molar-refractivity contribution in [2.45, 2.75) is 11.9 Å². The molecule has 0 aliphatic heterocycles. The maximum Gasteiger partial charge on any atom is 0.341 e. The highest BCUT2D eigenvalue weighted by atomic mass is 32.2. The summed E-state index contributed by atoms with van der Waals surface area (Å²) in [7, 11) is 0. The number of hydrogen-bond donors (Lipinski definition) is 1. The van der Waals surface area contributed by atoms with Gasteiger partial charge >= 0.3 is 5.97 Å². The molecule has 0 aliphatic carbocycles. The number of pyridine rings is 1. The van der Waals surface area contributed by atoms with Crippen LogP contribution < -0.4 is 10.0 Å². The lowest BCUT2D eigenvalue weighted by Gasteiger charge is -2.06. The third-order valence-electron chi connectivity index (χ3n) is 3.68. The Morgan fingerprint density at radius 1 is 1.18 bits per heavy atom. The van der Waals surface area contributed by atoms with Gasteiger partial charge in [-0.3, -0.25) is 4.79 Å². The summed E-state index contributed by atoms with van der Waals surface area (Å²) in [5.41, 5.74) is 1.27. The molecular formula is C20H18N2O4S2. The Kier molecular flexibility index (Phi) is 6.67. The van der Waals surface area contributed by atoms with Crippen molar-refractivity contribution >= 4 is 40.0 Å². The number of nitrogens with zero attached hydrogens (tertiary/aromatic N) is 1. The fraction of sp³-hybridized carbons (Fsp3) is 0.150. The lowest BCUT2D eigenvalue weighted by molar-refractivity contribution is -0.645. The van der Waals surface area contributed by atoms with Crippen LogP contribution in [0.2, 0.25) is 0 Å². The zero-order chi connectivity index (χ0) is 19.9. The van der Waals surface area contributed by atoms with Crippen LogP contribution in [0, 0.1) is 5.21 Å². The number of rotatable bonds is 7. The molecule has 0 bridgehead atoms. The number of amides is 1. The second kappa shape index (κ2) is 9.38. The number of thioether (sulfide) groups is 1. The molecule has 0 fully saturated rings. The SMILES string of the molecule is CCOC(=O)c1cc(-c2ccccc2)sc1NC(=O)CSc1cccc[n+]1[O-]. The largest absolute Gasteiger partial charge is 0.618 e. The summed E-state index contributed by atoms with van der Waals surface area (Å²) in [5, 5.41) is 15.3. The van der Waals surface area contributed by atoms with E-state index in [0.717, 1.165) is 22.2 Å². The molecule has 3 rings (SSSR count). The predicted octanol–water partition coefficient (Wildman–Crippen LogP) is 3.96. The number of carbonyl (C=O) groups is 2. The van der Waals surface area contributed by atoms with Gasteiger partial charge in [-0.05, 0) is 36.4 Å². The van der Waals surface area contributed by atoms with Gasteiger partial charge in [-0.15, -0.1) is 11.3 Å². The number of aromatic nitrogens is 1. The minimum atomic E-state index is -0.482. The van der Waals surface area contributed by atoms with Crippen LogP contribution in [-0.4, -0.2) is 24.2 Å². The first-order valence-electron chi connectivity index (χ1n) is 8.55. The predicted molar refractivity (Wildman–Crippen MR) is 110 cm³/mol. The molecule has 1 amide bonds. The van der Waals surface area contributed by atoms with E-state index < -0.39 is 5.97 Å². The van der Waals surface area contributed by atoms with Crippen LogP contribution in [0.4, 0.5) is 5.00 Å². The minimum absolute atomic E-state index is 0.0487. The number of ether oxygens (including phenoxy) is 1. The summed E-state index contributed by atoms with van der Waals surface area (Å²) in [4.78, 5) is 25.5. The highest BCUT2D eigenvalue weighted by Crippen LogP contribution is 2.36. The quantitative estimate of drug-likeness (QED) is 0.274. The summed E-state index contributed by atoms with van der Waals surface area (Å²) >= 11 is 2.44. The molecule has 2 aromatic heterocycles. The van der Waals surface area contributed by atoms with Crippen molar-refractivity contribution < 1.29 is 19.1 Å². The van der Waals surface area contributed by atoms with Crippen molar-refractivity contribution in [2.24, 2.45) is 0 Å². The van der Waals surface area contributed by atoms with Gasteiger partial charge in [-0.1, -0.05) is 30.3 Å². The van der Waals surface area contributed by atoms with E-state index in [1.165, 1.54) is 17.5 Å². The van der Waals surface area contributed by atoms with Crippen LogP contribution in [0.1, 0.15) is 17.3 Å². The van der Waals surface area contributed by atoms with Crippen molar-refractivity contribution in [2.75, 3.05) is 17.7 Å². The van der Waals surface area contributed by atoms with Gasteiger partial charge in [0.15, 0.2) is 6.20 Å². The summed E-state index contributed by atoms with van der Waals surface area (Å²) in [6.07, 6.45) is 1.38. The summed E-state index contributed by atoms with van der Waals surface area (Å²) in [6, 6.07) is 16.3. The van der Waals surface area contributed by atoms with Crippen LogP contribution in [-0.2, 0) is 9.53 Å². The number of thiophene rings is 1. The normalized spacial score (nSPS) is 10.5. The highest BCUT2D eigenvalue weighted by molar-refractivity contribution is 7.99. The van der Waals surface area contributed by atoms with Crippen molar-refractivity contribution in [3.05, 3.63) is 71.6 Å². The molecule has 2 heterocycles. The Morgan fingerprint density at radius 3 is 2.64 bits per heavy atom. The average molecular weight is 415 g/mol. The molecule has 0 saturated carbocycles. The van der Waals surface area contributed by atoms with Crippen molar-refractivity contribution in [1.29, 1.82) is 0 Å². The average Bonchev–Trinajstić information content (AvgIpc) is 3.12. The first-order chi connectivity index (χ1) is 13.6. The first kappa shape index (κ1) is 19.9. The molecule has 144 valence electrons. The van der Waals surface area contributed by atoms with E-state index in [1.807, 2.05) is 30.3 Å². The van der Waals surface area contributed by atoms with Gasteiger partial charge in [-0.25, -0.2) is 4.79 Å².